The smallest absolute Gasteiger partial charge is 0.323 e. The molecule has 1 saturated heterocycles. The first kappa shape index (κ1) is 14.2. The second-order valence-electron chi connectivity index (χ2n) is 4.14. The molecule has 0 saturated carbocycles. The van der Waals surface area contributed by atoms with Crippen molar-refractivity contribution in [3.05, 3.63) is 0 Å². The molecule has 0 aromatic rings. The molecule has 2 amide bonds. The number of hydrogen-bond acceptors (Lipinski definition) is 3. The van der Waals surface area contributed by atoms with E-state index in [1.165, 1.54) is 11.3 Å². The number of nitrogens with zero attached hydrogens (tertiary/aromatic N) is 1. The Hall–Kier alpha value is -0.910. The molecule has 1 heterocycles. The predicted octanol–water partition coefficient (Wildman–Crippen LogP) is 1.39. The van der Waals surface area contributed by atoms with Crippen molar-refractivity contribution in [2.75, 3.05) is 25.4 Å². The molecule has 0 bridgehead atoms. The molecule has 2 N–H and O–H groups in total. The van der Waals surface area contributed by atoms with Gasteiger partial charge in [0.1, 0.15) is 6.54 Å². The average molecular weight is 260 g/mol. The highest BCUT2D eigenvalue weighted by Gasteiger charge is 2.19. The third-order valence-electron chi connectivity index (χ3n) is 2.61. The van der Waals surface area contributed by atoms with Crippen LogP contribution in [-0.4, -0.2) is 52.6 Å². The molecule has 6 heteroatoms. The normalized spacial score (nSPS) is 19.0. The number of aliphatic carboxylic acids is 1. The molecule has 17 heavy (non-hydrogen) atoms. The van der Waals surface area contributed by atoms with Crippen molar-refractivity contribution in [3.8, 4) is 0 Å². The largest absolute Gasteiger partial charge is 0.480 e. The van der Waals surface area contributed by atoms with Gasteiger partial charge in [-0.2, -0.15) is 11.8 Å². The van der Waals surface area contributed by atoms with Crippen LogP contribution < -0.4 is 5.32 Å². The monoisotopic (exact) mass is 260 g/mol. The van der Waals surface area contributed by atoms with Crippen molar-refractivity contribution in [1.29, 1.82) is 0 Å². The summed E-state index contributed by atoms with van der Waals surface area (Å²) in [4.78, 5) is 23.7. The molecule has 1 rings (SSSR count). The van der Waals surface area contributed by atoms with Gasteiger partial charge in [0, 0.05) is 18.3 Å². The number of nitrogens with one attached hydrogen (secondary N) is 1. The van der Waals surface area contributed by atoms with E-state index in [1.54, 1.807) is 0 Å². The number of thioether (sulfide) groups is 1. The molecular formula is C11H20N2O3S. The average Bonchev–Trinajstić information content (AvgIpc) is 2.77. The number of urea groups is 1. The van der Waals surface area contributed by atoms with Crippen LogP contribution in [-0.2, 0) is 4.79 Å². The van der Waals surface area contributed by atoms with Crippen molar-refractivity contribution >= 4 is 23.8 Å². The Morgan fingerprint density at radius 2 is 2.29 bits per heavy atom. The van der Waals surface area contributed by atoms with E-state index in [0.717, 1.165) is 18.6 Å². The number of hydrogen-bond donors (Lipinski definition) is 2. The summed E-state index contributed by atoms with van der Waals surface area (Å²) in [7, 11) is 0. The molecule has 5 nitrogen and oxygen atoms in total. The minimum atomic E-state index is -0.969. The van der Waals surface area contributed by atoms with E-state index in [1.807, 2.05) is 18.7 Å². The van der Waals surface area contributed by atoms with Gasteiger partial charge in [-0.25, -0.2) is 4.79 Å². The van der Waals surface area contributed by atoms with Crippen molar-refractivity contribution in [2.24, 2.45) is 0 Å². The van der Waals surface area contributed by atoms with E-state index in [4.69, 9.17) is 5.11 Å². The van der Waals surface area contributed by atoms with Crippen molar-refractivity contribution in [3.63, 3.8) is 0 Å². The Morgan fingerprint density at radius 1 is 1.53 bits per heavy atom. The predicted molar refractivity (Wildman–Crippen MR) is 68.4 cm³/mol. The Labute approximate surface area is 106 Å². The van der Waals surface area contributed by atoms with E-state index < -0.39 is 5.97 Å². The summed E-state index contributed by atoms with van der Waals surface area (Å²) in [5, 5.41) is 12.0. The highest BCUT2D eigenvalue weighted by molar-refractivity contribution is 8.00. The molecule has 0 spiro atoms. The van der Waals surface area contributed by atoms with Crippen LogP contribution in [0.1, 0.15) is 26.2 Å². The zero-order chi connectivity index (χ0) is 12.7. The van der Waals surface area contributed by atoms with E-state index in [-0.39, 0.29) is 12.6 Å². The van der Waals surface area contributed by atoms with Crippen LogP contribution in [0.5, 0.6) is 0 Å². The number of carboxylic acids is 1. The zero-order valence-corrected chi connectivity index (χ0v) is 11.0. The molecule has 0 aromatic heterocycles. The Kier molecular flexibility index (Phi) is 6.18. The van der Waals surface area contributed by atoms with Crippen LogP contribution in [0.25, 0.3) is 0 Å². The molecule has 0 aliphatic carbocycles. The van der Waals surface area contributed by atoms with E-state index >= 15 is 0 Å². The van der Waals surface area contributed by atoms with Crippen LogP contribution in [0.15, 0.2) is 0 Å². The van der Waals surface area contributed by atoms with Gasteiger partial charge in [0.05, 0.1) is 0 Å². The van der Waals surface area contributed by atoms with Gasteiger partial charge in [0.15, 0.2) is 0 Å². The van der Waals surface area contributed by atoms with Gasteiger partial charge in [-0.05, 0) is 25.0 Å². The van der Waals surface area contributed by atoms with Gasteiger partial charge in [-0.15, -0.1) is 0 Å². The first-order chi connectivity index (χ1) is 8.13. The zero-order valence-electron chi connectivity index (χ0n) is 10.1. The second-order valence-corrected chi connectivity index (χ2v) is 5.54. The van der Waals surface area contributed by atoms with Crippen LogP contribution in [0.3, 0.4) is 0 Å². The molecule has 0 aromatic carbocycles. The quantitative estimate of drug-likeness (QED) is 0.757. The maximum Gasteiger partial charge on any atom is 0.323 e. The third kappa shape index (κ3) is 5.30. The molecule has 1 unspecified atom stereocenters. The summed E-state index contributed by atoms with van der Waals surface area (Å²) in [6.45, 7) is 2.83. The van der Waals surface area contributed by atoms with Gasteiger partial charge >= 0.3 is 12.0 Å². The molecule has 1 atom stereocenters. The van der Waals surface area contributed by atoms with Crippen LogP contribution in [0, 0.1) is 0 Å². The van der Waals surface area contributed by atoms with Gasteiger partial charge in [-0.1, -0.05) is 6.92 Å². The molecule has 0 radical (unpaired) electrons. The minimum Gasteiger partial charge on any atom is -0.480 e. The number of carboxylic acid groups (broad SMARTS) is 1. The summed E-state index contributed by atoms with van der Waals surface area (Å²) in [5.74, 6) is 0.192. The van der Waals surface area contributed by atoms with Crippen LogP contribution >= 0.6 is 11.8 Å². The molecule has 1 aliphatic heterocycles. The SMILES string of the molecule is CCCN(CC(=O)O)C(=O)NCC1CCCS1. The number of rotatable bonds is 6. The maximum absolute atomic E-state index is 11.8. The summed E-state index contributed by atoms with van der Waals surface area (Å²) in [6, 6.07) is -0.262. The lowest BCUT2D eigenvalue weighted by atomic mass is 10.2. The first-order valence-electron chi connectivity index (χ1n) is 5.99. The summed E-state index contributed by atoms with van der Waals surface area (Å²) in [6.07, 6.45) is 3.11. The highest BCUT2D eigenvalue weighted by atomic mass is 32.2. The minimum absolute atomic E-state index is 0.225. The second kappa shape index (κ2) is 7.42. The Bertz CT molecular complexity index is 267. The van der Waals surface area contributed by atoms with E-state index in [9.17, 15) is 9.59 Å². The lowest BCUT2D eigenvalue weighted by Crippen LogP contribution is -2.44. The van der Waals surface area contributed by atoms with Gasteiger partial charge < -0.3 is 15.3 Å². The standard InChI is InChI=1S/C11H20N2O3S/c1-2-5-13(8-10(14)15)11(16)12-7-9-4-3-6-17-9/h9H,2-8H2,1H3,(H,12,16)(H,14,15). The van der Waals surface area contributed by atoms with Crippen LogP contribution in [0.4, 0.5) is 4.79 Å². The first-order valence-corrected chi connectivity index (χ1v) is 7.04. The van der Waals surface area contributed by atoms with Crippen molar-refractivity contribution in [1.82, 2.24) is 10.2 Å². The molecular weight excluding hydrogens is 240 g/mol. The van der Waals surface area contributed by atoms with Gasteiger partial charge in [0.25, 0.3) is 0 Å². The van der Waals surface area contributed by atoms with Crippen molar-refractivity contribution < 1.29 is 14.7 Å². The number of carbonyl (C=O) groups is 2. The van der Waals surface area contributed by atoms with E-state index in [2.05, 4.69) is 5.32 Å². The summed E-state index contributed by atoms with van der Waals surface area (Å²) >= 11 is 1.87. The topological polar surface area (TPSA) is 69.6 Å². The number of carbonyl (C=O) groups excluding carboxylic acids is 1. The molecule has 1 fully saturated rings. The summed E-state index contributed by atoms with van der Waals surface area (Å²) < 4.78 is 0. The third-order valence-corrected chi connectivity index (χ3v) is 4.01. The summed E-state index contributed by atoms with van der Waals surface area (Å²) in [5.41, 5.74) is 0. The number of amides is 2. The van der Waals surface area contributed by atoms with Gasteiger partial charge in [0.2, 0.25) is 0 Å². The van der Waals surface area contributed by atoms with E-state index in [0.29, 0.717) is 18.3 Å². The fourth-order valence-electron chi connectivity index (χ4n) is 1.80. The Morgan fingerprint density at radius 3 is 2.82 bits per heavy atom. The van der Waals surface area contributed by atoms with Gasteiger partial charge in [-0.3, -0.25) is 4.79 Å². The lowest BCUT2D eigenvalue weighted by Gasteiger charge is -2.21. The highest BCUT2D eigenvalue weighted by Crippen LogP contribution is 2.25. The molecule has 1 aliphatic rings. The fraction of sp³-hybridized carbons (Fsp3) is 0.818. The Balaban J connectivity index is 2.32. The van der Waals surface area contributed by atoms with Crippen LogP contribution in [0.2, 0.25) is 0 Å². The fourth-order valence-corrected chi connectivity index (χ4v) is 3.01. The molecule has 98 valence electrons. The van der Waals surface area contributed by atoms with Crippen molar-refractivity contribution in [2.45, 2.75) is 31.4 Å². The lowest BCUT2D eigenvalue weighted by molar-refractivity contribution is -0.137. The maximum atomic E-state index is 11.8.